The van der Waals surface area contributed by atoms with Gasteiger partial charge in [-0.15, -0.1) is 0 Å². The molecule has 11 heteroatoms. The third-order valence-corrected chi connectivity index (χ3v) is 9.98. The Bertz CT molecular complexity index is 2250. The summed E-state index contributed by atoms with van der Waals surface area (Å²) in [5, 5.41) is 17.2. The lowest BCUT2D eigenvalue weighted by atomic mass is 9.81. The molecular weight excluding hydrogens is 737 g/mol. The molecule has 0 bridgehead atoms. The molecule has 0 aliphatic heterocycles. The molecule has 4 heterocycles. The van der Waals surface area contributed by atoms with Crippen LogP contribution in [-0.2, 0) is 22.6 Å². The van der Waals surface area contributed by atoms with Gasteiger partial charge in [0.2, 0.25) is 11.8 Å². The molecule has 0 spiro atoms. The first-order chi connectivity index (χ1) is 27.8. The maximum atomic E-state index is 13.6. The minimum Gasteiger partial charge on any atom is -0.386 e. The van der Waals surface area contributed by atoms with Gasteiger partial charge in [-0.05, 0) is 71.7 Å². The molecule has 11 nitrogen and oxygen atoms in total. The highest BCUT2D eigenvalue weighted by molar-refractivity contribution is 5.83. The second kappa shape index (κ2) is 18.8. The van der Waals surface area contributed by atoms with Crippen LogP contribution in [0, 0.1) is 22.2 Å². The van der Waals surface area contributed by atoms with Gasteiger partial charge in [0, 0.05) is 29.9 Å². The molecule has 310 valence electrons. The summed E-state index contributed by atoms with van der Waals surface area (Å²) in [6.07, 6.45) is 6.37. The Morgan fingerprint density at radius 3 is 1.71 bits per heavy atom. The van der Waals surface area contributed by atoms with Crippen molar-refractivity contribution in [1.29, 1.82) is 0 Å². The number of aliphatic hydroxyl groups excluding tert-OH is 1. The number of hydrogen-bond donors (Lipinski definition) is 5. The zero-order chi connectivity index (χ0) is 43.0. The topological polar surface area (TPSA) is 162 Å². The summed E-state index contributed by atoms with van der Waals surface area (Å²) in [6, 6.07) is 27.0. The summed E-state index contributed by atoms with van der Waals surface area (Å²) in [7, 11) is 0. The molecule has 59 heavy (non-hydrogen) atoms. The van der Waals surface area contributed by atoms with E-state index >= 15 is 0 Å². The number of aliphatic hydroxyl groups is 1. The molecule has 4 aromatic heterocycles. The molecule has 0 radical (unpaired) electrons. The zero-order valence-corrected chi connectivity index (χ0v) is 36.1. The minimum absolute atomic E-state index is 0.0593. The molecule has 6 aromatic rings. The van der Waals surface area contributed by atoms with E-state index in [2.05, 4.69) is 85.6 Å². The van der Waals surface area contributed by atoms with Crippen LogP contribution >= 0.6 is 0 Å². The lowest BCUT2D eigenvalue weighted by molar-refractivity contribution is -0.137. The van der Waals surface area contributed by atoms with Crippen molar-refractivity contribution in [1.82, 2.24) is 40.5 Å². The summed E-state index contributed by atoms with van der Waals surface area (Å²) < 4.78 is 0. The lowest BCUT2D eigenvalue weighted by Crippen LogP contribution is -2.46. The number of nitrogens with one attached hydrogen (secondary N) is 4. The van der Waals surface area contributed by atoms with Gasteiger partial charge in [-0.1, -0.05) is 116 Å². The fourth-order valence-corrected chi connectivity index (χ4v) is 6.40. The van der Waals surface area contributed by atoms with Gasteiger partial charge in [0.1, 0.15) is 17.8 Å². The van der Waals surface area contributed by atoms with E-state index in [1.165, 1.54) is 0 Å². The van der Waals surface area contributed by atoms with Crippen molar-refractivity contribution in [2.75, 3.05) is 0 Å². The fourth-order valence-electron chi connectivity index (χ4n) is 6.40. The van der Waals surface area contributed by atoms with E-state index in [0.717, 1.165) is 45.3 Å². The van der Waals surface area contributed by atoms with Crippen LogP contribution in [0.25, 0.3) is 33.6 Å². The third-order valence-electron chi connectivity index (χ3n) is 9.98. The number of carbonyl (C=O) groups excluding carboxylic acids is 2. The van der Waals surface area contributed by atoms with Gasteiger partial charge in [0.25, 0.3) is 0 Å². The Kier molecular flexibility index (Phi) is 14.0. The molecule has 0 aliphatic rings. The fraction of sp³-hybridized carbons (Fsp3) is 0.375. The maximum Gasteiger partial charge on any atom is 0.229 e. The number of amides is 2. The number of benzene rings is 2. The average molecular weight is 797 g/mol. The smallest absolute Gasteiger partial charge is 0.229 e. The predicted octanol–water partition coefficient (Wildman–Crippen LogP) is 9.43. The van der Waals surface area contributed by atoms with Gasteiger partial charge in [0.05, 0.1) is 47.5 Å². The van der Waals surface area contributed by atoms with Crippen molar-refractivity contribution >= 4 is 11.8 Å². The molecule has 2 unspecified atom stereocenters. The highest BCUT2D eigenvalue weighted by Crippen LogP contribution is 2.37. The minimum atomic E-state index is -1.14. The van der Waals surface area contributed by atoms with Gasteiger partial charge in [-0.3, -0.25) is 19.6 Å². The second-order valence-corrected chi connectivity index (χ2v) is 18.0. The van der Waals surface area contributed by atoms with E-state index in [4.69, 9.17) is 0 Å². The van der Waals surface area contributed by atoms with Gasteiger partial charge >= 0.3 is 0 Å². The van der Waals surface area contributed by atoms with Crippen LogP contribution in [-0.4, -0.2) is 46.8 Å². The molecule has 0 saturated heterocycles. The van der Waals surface area contributed by atoms with Crippen LogP contribution in [0.15, 0.2) is 110 Å². The van der Waals surface area contributed by atoms with Crippen molar-refractivity contribution in [3.63, 3.8) is 0 Å². The van der Waals surface area contributed by atoms with Gasteiger partial charge in [-0.2, -0.15) is 0 Å². The van der Waals surface area contributed by atoms with E-state index in [0.29, 0.717) is 30.3 Å². The van der Waals surface area contributed by atoms with Crippen molar-refractivity contribution in [2.45, 2.75) is 94.3 Å². The molecular formula is C48H60N8O3. The quantitative estimate of drug-likeness (QED) is 0.0778. The summed E-state index contributed by atoms with van der Waals surface area (Å²) in [5.74, 6) is 1.79. The van der Waals surface area contributed by atoms with Crippen molar-refractivity contribution in [3.8, 4) is 33.6 Å². The zero-order valence-electron chi connectivity index (χ0n) is 36.1. The van der Waals surface area contributed by atoms with Crippen molar-refractivity contribution < 1.29 is 14.7 Å². The normalized spacial score (nSPS) is 12.9. The Labute approximate surface area is 349 Å². The number of imidazole rings is 2. The van der Waals surface area contributed by atoms with E-state index < -0.39 is 23.0 Å². The Balaban J connectivity index is 0.00000158. The third kappa shape index (κ3) is 11.6. The second-order valence-electron chi connectivity index (χ2n) is 18.0. The maximum absolute atomic E-state index is 13.6. The van der Waals surface area contributed by atoms with Gasteiger partial charge in [0.15, 0.2) is 0 Å². The molecule has 0 saturated carbocycles. The van der Waals surface area contributed by atoms with E-state index in [9.17, 15) is 14.7 Å². The summed E-state index contributed by atoms with van der Waals surface area (Å²) in [5.41, 5.74) is 4.96. The molecule has 5 N–H and O–H groups in total. The number of rotatable bonds is 13. The first-order valence-corrected chi connectivity index (χ1v) is 20.2. The number of carbonyl (C=O) groups is 2. The van der Waals surface area contributed by atoms with E-state index in [1.54, 1.807) is 56.8 Å². The van der Waals surface area contributed by atoms with Crippen LogP contribution in [0.3, 0.4) is 0 Å². The van der Waals surface area contributed by atoms with Crippen LogP contribution in [0.1, 0.15) is 104 Å². The Hall–Kier alpha value is -5.94. The molecule has 2 amide bonds. The van der Waals surface area contributed by atoms with Crippen LogP contribution < -0.4 is 10.6 Å². The Morgan fingerprint density at radius 1 is 0.661 bits per heavy atom. The molecule has 2 atom stereocenters. The lowest BCUT2D eigenvalue weighted by Gasteiger charge is -2.35. The van der Waals surface area contributed by atoms with Crippen LogP contribution in [0.4, 0.5) is 0 Å². The number of nitrogens with zero attached hydrogens (tertiary/aromatic N) is 4. The number of hydrogen-bond acceptors (Lipinski definition) is 7. The van der Waals surface area contributed by atoms with Crippen LogP contribution in [0.2, 0.25) is 0 Å². The summed E-state index contributed by atoms with van der Waals surface area (Å²) >= 11 is 0. The first kappa shape index (κ1) is 44.2. The number of aromatic nitrogens is 6. The molecule has 6 rings (SSSR count). The highest BCUT2D eigenvalue weighted by atomic mass is 16.3. The van der Waals surface area contributed by atoms with E-state index in [-0.39, 0.29) is 17.2 Å². The number of H-pyrrole nitrogens is 2. The molecule has 0 aliphatic carbocycles. The average Bonchev–Trinajstić information content (AvgIpc) is 3.89. The van der Waals surface area contributed by atoms with Gasteiger partial charge < -0.3 is 25.7 Å². The predicted molar refractivity (Wildman–Crippen MR) is 234 cm³/mol. The van der Waals surface area contributed by atoms with Crippen molar-refractivity contribution in [2.24, 2.45) is 22.2 Å². The summed E-state index contributed by atoms with van der Waals surface area (Å²) in [4.78, 5) is 51.2. The highest BCUT2D eigenvalue weighted by Gasteiger charge is 2.41. The van der Waals surface area contributed by atoms with Crippen molar-refractivity contribution in [3.05, 3.63) is 133 Å². The molecule has 0 fully saturated rings. The van der Waals surface area contributed by atoms with E-state index in [1.807, 2.05) is 77.1 Å². The van der Waals surface area contributed by atoms with Crippen LogP contribution in [0.5, 0.6) is 0 Å². The molecule has 2 aromatic carbocycles. The largest absolute Gasteiger partial charge is 0.386 e. The number of aromatic amines is 2. The van der Waals surface area contributed by atoms with Gasteiger partial charge in [-0.25, -0.2) is 9.97 Å². The first-order valence-electron chi connectivity index (χ1n) is 20.2. The number of pyridine rings is 2. The SMILES string of the molecule is CC(C)(Cc1ccccn1)C(=O)NCc1ncc(-c2ccc(-c3ccc(-c4cnc(C(NC(=O)C(C)(C)C(O)c5ccccn5)C(C)(C)C)[nH]4)cc3)cc2)[nH]1.CC(C)C. The standard InChI is InChI=1S/C44H50N8O3.C4H10/c1-42(2,3)37(52-41(55)44(6,7)38(53)33-13-9-11-23-46-33)39-48-26-35(51-39)31-20-16-29(17-21-31)28-14-18-30(19-15-28)34-25-47-36(50-34)27-49-40(54)43(4,5)24-32-12-8-10-22-45-32;1-4(2)3/h8-23,25-26,37-38,53H,24,27H2,1-7H3,(H,47,50)(H,48,51)(H,49,54)(H,52,55);4H,1-3H3. The summed E-state index contributed by atoms with van der Waals surface area (Å²) in [6.45, 7) is 20.2. The Morgan fingerprint density at radius 2 is 1.19 bits per heavy atom. The monoisotopic (exact) mass is 796 g/mol.